The van der Waals surface area contributed by atoms with Gasteiger partial charge in [0.25, 0.3) is 11.8 Å². The maximum atomic E-state index is 12.6. The molecule has 0 saturated carbocycles. The lowest BCUT2D eigenvalue weighted by molar-refractivity contribution is -0.139. The molecule has 2 aromatic rings. The molecule has 8 nitrogen and oxygen atoms in total. The summed E-state index contributed by atoms with van der Waals surface area (Å²) < 4.78 is 0. The second-order valence-corrected chi connectivity index (χ2v) is 8.53. The lowest BCUT2D eigenvalue weighted by Crippen LogP contribution is -2.48. The summed E-state index contributed by atoms with van der Waals surface area (Å²) in [6, 6.07) is 5.08. The van der Waals surface area contributed by atoms with Gasteiger partial charge in [-0.3, -0.25) is 19.6 Å². The second-order valence-electron chi connectivity index (χ2n) is 6.29. The molecule has 0 bridgehead atoms. The summed E-state index contributed by atoms with van der Waals surface area (Å²) in [5.41, 5.74) is 3.28. The minimum Gasteiger partial charge on any atom is -0.480 e. The van der Waals surface area contributed by atoms with Crippen molar-refractivity contribution in [3.05, 3.63) is 58.2 Å². The quantitative estimate of drug-likeness (QED) is 0.329. The highest BCUT2D eigenvalue weighted by Crippen LogP contribution is 2.13. The summed E-state index contributed by atoms with van der Waals surface area (Å²) in [5.74, 6) is -2.29. The maximum absolute atomic E-state index is 12.6. The number of amides is 2. The van der Waals surface area contributed by atoms with Crippen LogP contribution in [0.3, 0.4) is 0 Å². The fourth-order valence-electron chi connectivity index (χ4n) is 2.57. The zero-order valence-corrected chi connectivity index (χ0v) is 22.3. The molecule has 166 valence electrons. The smallest absolute Gasteiger partial charge is 0.328 e. The Bertz CT molecular complexity index is 929. The third kappa shape index (κ3) is 7.62. The van der Waals surface area contributed by atoms with Crippen molar-refractivity contribution < 1.29 is 19.5 Å². The number of hydrogen-bond donors (Lipinski definition) is 3. The molecule has 31 heavy (non-hydrogen) atoms. The van der Waals surface area contributed by atoms with Gasteiger partial charge in [0, 0.05) is 39.0 Å². The van der Waals surface area contributed by atoms with Gasteiger partial charge in [0.15, 0.2) is 0 Å². The highest BCUT2D eigenvalue weighted by molar-refractivity contribution is 9.09. The van der Waals surface area contributed by atoms with Crippen LogP contribution >= 0.6 is 63.7 Å². The van der Waals surface area contributed by atoms with Crippen LogP contribution in [0.5, 0.6) is 0 Å². The molecule has 2 heterocycles. The molecule has 0 aliphatic carbocycles. The number of pyridine rings is 2. The average molecular weight is 686 g/mol. The van der Waals surface area contributed by atoms with Gasteiger partial charge in [0.1, 0.15) is 6.04 Å². The number of nitrogens with one attached hydrogen (secondary N) is 2. The van der Waals surface area contributed by atoms with Gasteiger partial charge in [0.2, 0.25) is 0 Å². The molecule has 0 radical (unpaired) electrons. The topological polar surface area (TPSA) is 121 Å². The Balaban J connectivity index is 2.11. The van der Waals surface area contributed by atoms with E-state index in [1.807, 2.05) is 0 Å². The number of carbonyl (C=O) groups is 3. The van der Waals surface area contributed by atoms with Gasteiger partial charge in [-0.05, 0) is 24.3 Å². The zero-order valence-electron chi connectivity index (χ0n) is 16.0. The Morgan fingerprint density at radius 3 is 1.52 bits per heavy atom. The van der Waals surface area contributed by atoms with E-state index in [1.165, 1.54) is 0 Å². The number of carboxylic acid groups (broad SMARTS) is 1. The minimum atomic E-state index is -1.31. The fourth-order valence-corrected chi connectivity index (χ4v) is 3.72. The first-order chi connectivity index (χ1) is 14.8. The van der Waals surface area contributed by atoms with E-state index in [0.717, 1.165) is 0 Å². The standard InChI is InChI=1S/C19H18Br4N4O4/c20-5-12-1-10(2-13(6-21)25-12)17(28)24-9-16(19(30)31)27-18(29)11-3-14(7-22)26-15(4-11)8-23/h1-4,16H,5-9H2,(H,24,28)(H,27,29)(H,30,31). The van der Waals surface area contributed by atoms with Crippen LogP contribution in [0.25, 0.3) is 0 Å². The van der Waals surface area contributed by atoms with Crippen molar-refractivity contribution in [2.45, 2.75) is 27.4 Å². The van der Waals surface area contributed by atoms with Crippen molar-refractivity contribution in [1.29, 1.82) is 0 Å². The molecule has 0 spiro atoms. The number of carbonyl (C=O) groups excluding carboxylic acids is 2. The number of aliphatic carboxylic acids is 1. The summed E-state index contributed by atoms with van der Waals surface area (Å²) in [6.45, 7) is -0.281. The summed E-state index contributed by atoms with van der Waals surface area (Å²) in [7, 11) is 0. The minimum absolute atomic E-state index is 0.281. The van der Waals surface area contributed by atoms with Crippen molar-refractivity contribution >= 4 is 81.5 Å². The first kappa shape index (κ1) is 25.9. The monoisotopic (exact) mass is 682 g/mol. The Labute approximate surface area is 212 Å². The molecule has 2 amide bonds. The van der Waals surface area contributed by atoms with Crippen LogP contribution in [-0.2, 0) is 26.1 Å². The fraction of sp³-hybridized carbons (Fsp3) is 0.316. The van der Waals surface area contributed by atoms with Gasteiger partial charge in [0.05, 0.1) is 22.8 Å². The number of aromatic nitrogens is 2. The van der Waals surface area contributed by atoms with Gasteiger partial charge in [-0.25, -0.2) is 4.79 Å². The van der Waals surface area contributed by atoms with E-state index in [1.54, 1.807) is 24.3 Å². The lowest BCUT2D eigenvalue weighted by atomic mass is 10.1. The second kappa shape index (κ2) is 12.6. The van der Waals surface area contributed by atoms with Gasteiger partial charge < -0.3 is 15.7 Å². The van der Waals surface area contributed by atoms with Gasteiger partial charge in [-0.1, -0.05) is 63.7 Å². The molecule has 0 aliphatic heterocycles. The van der Waals surface area contributed by atoms with E-state index in [4.69, 9.17) is 0 Å². The Morgan fingerprint density at radius 1 is 0.774 bits per heavy atom. The molecule has 1 atom stereocenters. The Hall–Kier alpha value is -1.37. The molecule has 12 heteroatoms. The van der Waals surface area contributed by atoms with Crippen LogP contribution in [0.1, 0.15) is 43.5 Å². The molecular formula is C19H18Br4N4O4. The molecule has 2 rings (SSSR count). The number of alkyl halides is 4. The molecule has 1 unspecified atom stereocenters. The number of nitrogens with zero attached hydrogens (tertiary/aromatic N) is 2. The third-order valence-electron chi connectivity index (χ3n) is 4.01. The summed E-state index contributed by atoms with van der Waals surface area (Å²) in [5, 5.41) is 16.4. The van der Waals surface area contributed by atoms with E-state index in [2.05, 4.69) is 84.3 Å². The van der Waals surface area contributed by atoms with E-state index in [9.17, 15) is 19.5 Å². The molecule has 3 N–H and O–H groups in total. The lowest BCUT2D eigenvalue weighted by Gasteiger charge is -2.16. The maximum Gasteiger partial charge on any atom is 0.328 e. The first-order valence-corrected chi connectivity index (χ1v) is 13.3. The van der Waals surface area contributed by atoms with Crippen LogP contribution in [-0.4, -0.2) is 45.4 Å². The predicted octanol–water partition coefficient (Wildman–Crippen LogP) is 3.67. The molecule has 2 aromatic heterocycles. The van der Waals surface area contributed by atoms with E-state index < -0.39 is 23.8 Å². The predicted molar refractivity (Wildman–Crippen MR) is 130 cm³/mol. The Kier molecular flexibility index (Phi) is 10.5. The van der Waals surface area contributed by atoms with Crippen LogP contribution in [0.4, 0.5) is 0 Å². The van der Waals surface area contributed by atoms with Crippen LogP contribution in [0, 0.1) is 0 Å². The highest BCUT2D eigenvalue weighted by atomic mass is 79.9. The largest absolute Gasteiger partial charge is 0.480 e. The molecule has 0 saturated heterocycles. The summed E-state index contributed by atoms with van der Waals surface area (Å²) in [4.78, 5) is 45.5. The highest BCUT2D eigenvalue weighted by Gasteiger charge is 2.22. The number of hydrogen-bond acceptors (Lipinski definition) is 5. The molecule has 0 aliphatic rings. The number of halogens is 4. The van der Waals surface area contributed by atoms with E-state index in [-0.39, 0.29) is 12.1 Å². The van der Waals surface area contributed by atoms with Gasteiger partial charge in [-0.15, -0.1) is 0 Å². The van der Waals surface area contributed by atoms with Gasteiger partial charge >= 0.3 is 5.97 Å². The van der Waals surface area contributed by atoms with Crippen molar-refractivity contribution in [3.8, 4) is 0 Å². The van der Waals surface area contributed by atoms with Crippen molar-refractivity contribution in [1.82, 2.24) is 20.6 Å². The average Bonchev–Trinajstić information content (AvgIpc) is 2.80. The van der Waals surface area contributed by atoms with Crippen LogP contribution < -0.4 is 10.6 Å². The SMILES string of the molecule is O=C(NCC(NC(=O)c1cc(CBr)nc(CBr)c1)C(=O)O)c1cc(CBr)nc(CBr)c1. The van der Waals surface area contributed by atoms with Crippen molar-refractivity contribution in [2.75, 3.05) is 6.54 Å². The normalized spacial score (nSPS) is 11.6. The van der Waals surface area contributed by atoms with Crippen molar-refractivity contribution in [2.24, 2.45) is 0 Å². The summed E-state index contributed by atoms with van der Waals surface area (Å²) in [6.07, 6.45) is 0. The Morgan fingerprint density at radius 2 is 1.16 bits per heavy atom. The van der Waals surface area contributed by atoms with Crippen LogP contribution in [0.2, 0.25) is 0 Å². The molecule has 0 aromatic carbocycles. The zero-order chi connectivity index (χ0) is 23.0. The number of rotatable bonds is 10. The summed E-state index contributed by atoms with van der Waals surface area (Å²) >= 11 is 13.2. The van der Waals surface area contributed by atoms with Crippen molar-refractivity contribution in [3.63, 3.8) is 0 Å². The van der Waals surface area contributed by atoms with Crippen LogP contribution in [0.15, 0.2) is 24.3 Å². The first-order valence-electron chi connectivity index (χ1n) is 8.86. The molecular weight excluding hydrogens is 668 g/mol. The van der Waals surface area contributed by atoms with Gasteiger partial charge in [-0.2, -0.15) is 0 Å². The number of carboxylic acids is 1. The molecule has 0 fully saturated rings. The van der Waals surface area contributed by atoms with E-state index in [0.29, 0.717) is 49.7 Å². The third-order valence-corrected chi connectivity index (χ3v) is 6.30. The van der Waals surface area contributed by atoms with E-state index >= 15 is 0 Å².